The van der Waals surface area contributed by atoms with Crippen molar-refractivity contribution in [1.29, 1.82) is 0 Å². The van der Waals surface area contributed by atoms with Crippen LogP contribution in [0.15, 0.2) is 54.6 Å². The largest absolute Gasteiger partial charge is 0.330 e. The molecular formula is C19H24ClN3O2S. The second kappa shape index (κ2) is 7.86. The van der Waals surface area contributed by atoms with Gasteiger partial charge in [0.2, 0.25) is 0 Å². The number of nitrogens with one attached hydrogen (secondary N) is 1. The minimum absolute atomic E-state index is 0. The van der Waals surface area contributed by atoms with Gasteiger partial charge in [0, 0.05) is 6.54 Å². The first-order valence-corrected chi connectivity index (χ1v) is 10.3. The van der Waals surface area contributed by atoms with Crippen molar-refractivity contribution < 1.29 is 8.42 Å². The van der Waals surface area contributed by atoms with Crippen molar-refractivity contribution in [3.8, 4) is 0 Å². The van der Waals surface area contributed by atoms with Crippen LogP contribution in [-0.4, -0.2) is 28.1 Å². The fourth-order valence-corrected chi connectivity index (χ4v) is 5.46. The molecule has 0 radical (unpaired) electrons. The van der Waals surface area contributed by atoms with Gasteiger partial charge in [-0.1, -0.05) is 30.3 Å². The summed E-state index contributed by atoms with van der Waals surface area (Å²) in [6.45, 7) is 2.58. The molecule has 7 heteroatoms. The molecule has 0 amide bonds. The van der Waals surface area contributed by atoms with E-state index >= 15 is 0 Å². The van der Waals surface area contributed by atoms with Crippen LogP contribution in [0.4, 0.5) is 17.1 Å². The zero-order chi connectivity index (χ0) is 17.3. The van der Waals surface area contributed by atoms with Crippen LogP contribution >= 0.6 is 12.4 Å². The van der Waals surface area contributed by atoms with Gasteiger partial charge in [-0.3, -0.25) is 4.31 Å². The van der Waals surface area contributed by atoms with Gasteiger partial charge in [0.25, 0.3) is 0 Å². The molecule has 1 atom stereocenters. The van der Waals surface area contributed by atoms with Crippen LogP contribution in [0, 0.1) is 5.92 Å². The molecule has 1 fully saturated rings. The van der Waals surface area contributed by atoms with Crippen LogP contribution < -0.4 is 13.9 Å². The van der Waals surface area contributed by atoms with Gasteiger partial charge in [-0.25, -0.2) is 4.31 Å². The van der Waals surface area contributed by atoms with Gasteiger partial charge >= 0.3 is 10.2 Å². The van der Waals surface area contributed by atoms with Crippen LogP contribution in [0.3, 0.4) is 0 Å². The number of hydrogen-bond donors (Lipinski definition) is 1. The van der Waals surface area contributed by atoms with E-state index in [1.54, 1.807) is 4.31 Å². The van der Waals surface area contributed by atoms with E-state index in [4.69, 9.17) is 0 Å². The van der Waals surface area contributed by atoms with E-state index in [-0.39, 0.29) is 12.4 Å². The number of anilines is 3. The predicted molar refractivity (Wildman–Crippen MR) is 109 cm³/mol. The fourth-order valence-electron chi connectivity index (χ4n) is 3.74. The van der Waals surface area contributed by atoms with Crippen molar-refractivity contribution in [1.82, 2.24) is 5.32 Å². The second-order valence-corrected chi connectivity index (χ2v) is 8.37. The highest BCUT2D eigenvalue weighted by Gasteiger charge is 2.41. The zero-order valence-electron chi connectivity index (χ0n) is 14.5. The summed E-state index contributed by atoms with van der Waals surface area (Å²) in [5, 5.41) is 3.41. The van der Waals surface area contributed by atoms with E-state index in [1.807, 2.05) is 54.6 Å². The quantitative estimate of drug-likeness (QED) is 0.861. The third-order valence-corrected chi connectivity index (χ3v) is 6.81. The highest BCUT2D eigenvalue weighted by molar-refractivity contribution is 7.95. The van der Waals surface area contributed by atoms with E-state index in [2.05, 4.69) is 5.32 Å². The van der Waals surface area contributed by atoms with Gasteiger partial charge in [0.1, 0.15) is 0 Å². The summed E-state index contributed by atoms with van der Waals surface area (Å²) in [5.41, 5.74) is 2.18. The SMILES string of the molecule is Cl.O=S1(=O)N(CC[C@H]2CCCNC2)c2ccccc2N1c1ccccc1. The molecule has 2 heterocycles. The number of nitrogens with zero attached hydrogens (tertiary/aromatic N) is 2. The first-order valence-electron chi connectivity index (χ1n) is 8.86. The molecule has 1 saturated heterocycles. The Kier molecular flexibility index (Phi) is 5.75. The highest BCUT2D eigenvalue weighted by atomic mass is 35.5. The molecule has 0 saturated carbocycles. The van der Waals surface area contributed by atoms with Gasteiger partial charge in [-0.05, 0) is 62.5 Å². The van der Waals surface area contributed by atoms with E-state index < -0.39 is 10.2 Å². The number of piperidine rings is 1. The molecule has 0 bridgehead atoms. The van der Waals surface area contributed by atoms with E-state index in [9.17, 15) is 8.42 Å². The Bertz CT molecular complexity index is 839. The number of hydrogen-bond acceptors (Lipinski definition) is 3. The van der Waals surface area contributed by atoms with Crippen molar-refractivity contribution in [2.45, 2.75) is 19.3 Å². The van der Waals surface area contributed by atoms with Crippen LogP contribution in [0.5, 0.6) is 0 Å². The summed E-state index contributed by atoms with van der Waals surface area (Å²) in [6.07, 6.45) is 3.22. The summed E-state index contributed by atoms with van der Waals surface area (Å²) < 4.78 is 29.6. The molecule has 26 heavy (non-hydrogen) atoms. The highest BCUT2D eigenvalue weighted by Crippen LogP contribution is 2.45. The molecule has 0 aliphatic carbocycles. The van der Waals surface area contributed by atoms with Crippen molar-refractivity contribution in [3.05, 3.63) is 54.6 Å². The first kappa shape index (κ1) is 19.0. The molecule has 1 N–H and O–H groups in total. The second-order valence-electron chi connectivity index (χ2n) is 6.67. The molecule has 4 rings (SSSR count). The number of para-hydroxylation sites is 3. The van der Waals surface area contributed by atoms with Crippen LogP contribution in [-0.2, 0) is 10.2 Å². The van der Waals surface area contributed by atoms with Crippen molar-refractivity contribution >= 4 is 39.7 Å². The lowest BCUT2D eigenvalue weighted by Gasteiger charge is -2.26. The maximum absolute atomic E-state index is 13.3. The van der Waals surface area contributed by atoms with Gasteiger partial charge in [-0.2, -0.15) is 8.42 Å². The molecule has 2 aliphatic heterocycles. The minimum Gasteiger partial charge on any atom is -0.316 e. The van der Waals surface area contributed by atoms with E-state index in [1.165, 1.54) is 17.1 Å². The maximum Gasteiger partial charge on any atom is 0.330 e. The van der Waals surface area contributed by atoms with Crippen LogP contribution in [0.2, 0.25) is 0 Å². The summed E-state index contributed by atoms with van der Waals surface area (Å²) in [7, 11) is -3.59. The average Bonchev–Trinajstić information content (AvgIpc) is 2.87. The lowest BCUT2D eigenvalue weighted by Crippen LogP contribution is -2.38. The van der Waals surface area contributed by atoms with E-state index in [0.29, 0.717) is 18.2 Å². The van der Waals surface area contributed by atoms with Crippen LogP contribution in [0.1, 0.15) is 19.3 Å². The normalized spacial score (nSPS) is 21.2. The van der Waals surface area contributed by atoms with E-state index in [0.717, 1.165) is 30.9 Å². The third-order valence-electron chi connectivity index (χ3n) is 5.01. The first-order chi connectivity index (χ1) is 12.2. The molecule has 0 aromatic heterocycles. The maximum atomic E-state index is 13.3. The smallest absolute Gasteiger partial charge is 0.316 e. The number of benzene rings is 2. The molecule has 2 aromatic carbocycles. The van der Waals surface area contributed by atoms with Crippen LogP contribution in [0.25, 0.3) is 0 Å². The van der Waals surface area contributed by atoms with Gasteiger partial charge in [0.05, 0.1) is 17.1 Å². The Morgan fingerprint density at radius 2 is 1.69 bits per heavy atom. The summed E-state index contributed by atoms with van der Waals surface area (Å²) in [4.78, 5) is 0. The topological polar surface area (TPSA) is 52.7 Å². The number of rotatable bonds is 4. The molecule has 140 valence electrons. The predicted octanol–water partition coefficient (Wildman–Crippen LogP) is 3.70. The molecule has 2 aliphatic rings. The Balaban J connectivity index is 0.00000196. The standard InChI is InChI=1S/C19H23N3O2S.ClH/c23-25(24)21(14-12-16-7-6-13-20-15-16)18-10-4-5-11-19(18)22(25)17-8-2-1-3-9-17;/h1-5,8-11,16,20H,6-7,12-15H2;1H/t16-;/m1./s1. The molecule has 2 aromatic rings. The number of halogens is 1. The molecule has 5 nitrogen and oxygen atoms in total. The Morgan fingerprint density at radius 3 is 2.38 bits per heavy atom. The average molecular weight is 394 g/mol. The molecular weight excluding hydrogens is 370 g/mol. The van der Waals surface area contributed by atoms with Crippen molar-refractivity contribution in [2.75, 3.05) is 28.2 Å². The third kappa shape index (κ3) is 3.41. The van der Waals surface area contributed by atoms with Gasteiger partial charge in [0.15, 0.2) is 0 Å². The molecule has 0 unspecified atom stereocenters. The Morgan fingerprint density at radius 1 is 1.00 bits per heavy atom. The summed E-state index contributed by atoms with van der Waals surface area (Å²) >= 11 is 0. The lowest BCUT2D eigenvalue weighted by atomic mass is 9.96. The number of fused-ring (bicyclic) bond motifs is 1. The Labute approximate surface area is 161 Å². The minimum atomic E-state index is -3.59. The van der Waals surface area contributed by atoms with Gasteiger partial charge in [-0.15, -0.1) is 12.4 Å². The zero-order valence-corrected chi connectivity index (χ0v) is 16.2. The molecule has 0 spiro atoms. The fraction of sp³-hybridized carbons (Fsp3) is 0.368. The van der Waals surface area contributed by atoms with Crippen molar-refractivity contribution in [3.63, 3.8) is 0 Å². The van der Waals surface area contributed by atoms with Crippen molar-refractivity contribution in [2.24, 2.45) is 5.92 Å². The summed E-state index contributed by atoms with van der Waals surface area (Å²) in [5.74, 6) is 0.543. The lowest BCUT2D eigenvalue weighted by molar-refractivity contribution is 0.362. The van der Waals surface area contributed by atoms with Gasteiger partial charge < -0.3 is 5.32 Å². The monoisotopic (exact) mass is 393 g/mol. The summed E-state index contributed by atoms with van der Waals surface area (Å²) in [6, 6.07) is 16.9. The Hall–Kier alpha value is -1.76.